The molecule has 0 saturated carbocycles. The van der Waals surface area contributed by atoms with Crippen molar-refractivity contribution in [2.24, 2.45) is 4.99 Å². The molecule has 1 aliphatic heterocycles. The topological polar surface area (TPSA) is 69.1 Å². The summed E-state index contributed by atoms with van der Waals surface area (Å²) in [5.41, 5.74) is 0. The van der Waals surface area contributed by atoms with E-state index in [1.807, 2.05) is 6.92 Å². The van der Waals surface area contributed by atoms with Gasteiger partial charge in [-0.25, -0.2) is 0 Å². The number of aliphatic hydroxyl groups excluding tert-OH is 1. The van der Waals surface area contributed by atoms with Crippen LogP contribution in [0.3, 0.4) is 0 Å². The molecule has 0 bridgehead atoms. The number of piperidine rings is 1. The Morgan fingerprint density at radius 1 is 1.38 bits per heavy atom. The van der Waals surface area contributed by atoms with E-state index in [2.05, 4.69) is 34.4 Å². The van der Waals surface area contributed by atoms with Crippen molar-refractivity contribution in [3.05, 3.63) is 0 Å². The number of ether oxygens (including phenoxy) is 1. The van der Waals surface area contributed by atoms with Gasteiger partial charge in [-0.15, -0.1) is 0 Å². The molecule has 1 aliphatic rings. The summed E-state index contributed by atoms with van der Waals surface area (Å²) in [5.74, 6) is 0.813. The van der Waals surface area contributed by atoms with Gasteiger partial charge in [0.15, 0.2) is 5.96 Å². The van der Waals surface area contributed by atoms with Crippen LogP contribution in [0.4, 0.5) is 0 Å². The fraction of sp³-hybridized carbons (Fsp3) is 0.933. The first-order chi connectivity index (χ1) is 10.2. The minimum Gasteiger partial charge on any atom is -0.394 e. The van der Waals surface area contributed by atoms with E-state index in [-0.39, 0.29) is 6.61 Å². The summed E-state index contributed by atoms with van der Waals surface area (Å²) in [6, 6.07) is 0.462. The molecular formula is C15H32N4O2. The van der Waals surface area contributed by atoms with Crippen molar-refractivity contribution in [1.29, 1.82) is 0 Å². The summed E-state index contributed by atoms with van der Waals surface area (Å²) in [6.45, 7) is 11.6. The van der Waals surface area contributed by atoms with Crippen molar-refractivity contribution < 1.29 is 9.84 Å². The second-order valence-corrected chi connectivity index (χ2v) is 5.66. The van der Waals surface area contributed by atoms with Gasteiger partial charge >= 0.3 is 0 Å². The highest BCUT2D eigenvalue weighted by Gasteiger charge is 2.19. The lowest BCUT2D eigenvalue weighted by Gasteiger charge is -2.33. The molecule has 1 saturated heterocycles. The van der Waals surface area contributed by atoms with Gasteiger partial charge in [0.2, 0.25) is 0 Å². The highest BCUT2D eigenvalue weighted by molar-refractivity contribution is 5.80. The highest BCUT2D eigenvalue weighted by Crippen LogP contribution is 2.10. The van der Waals surface area contributed by atoms with Gasteiger partial charge in [0.25, 0.3) is 0 Å². The van der Waals surface area contributed by atoms with Gasteiger partial charge in [-0.1, -0.05) is 0 Å². The molecular weight excluding hydrogens is 268 g/mol. The summed E-state index contributed by atoms with van der Waals surface area (Å²) in [5, 5.41) is 15.5. The molecule has 3 N–H and O–H groups in total. The zero-order valence-electron chi connectivity index (χ0n) is 13.8. The molecule has 21 heavy (non-hydrogen) atoms. The Hall–Kier alpha value is -0.850. The molecule has 0 aromatic heterocycles. The molecule has 1 heterocycles. The molecule has 0 aliphatic carbocycles. The van der Waals surface area contributed by atoms with Crippen LogP contribution in [-0.4, -0.2) is 74.0 Å². The van der Waals surface area contributed by atoms with Crippen LogP contribution in [0.5, 0.6) is 0 Å². The molecule has 0 unspecified atom stereocenters. The van der Waals surface area contributed by atoms with Gasteiger partial charge in [-0.2, -0.15) is 0 Å². The van der Waals surface area contributed by atoms with Crippen LogP contribution >= 0.6 is 0 Å². The zero-order valence-corrected chi connectivity index (χ0v) is 13.8. The number of aliphatic hydroxyl groups is 1. The van der Waals surface area contributed by atoms with Crippen LogP contribution in [0.2, 0.25) is 0 Å². The van der Waals surface area contributed by atoms with Crippen molar-refractivity contribution in [3.63, 3.8) is 0 Å². The normalized spacial score (nSPS) is 18.2. The molecule has 124 valence electrons. The molecule has 0 radical (unpaired) electrons. The maximum Gasteiger partial charge on any atom is 0.191 e. The van der Waals surface area contributed by atoms with Crippen molar-refractivity contribution in [2.75, 3.05) is 45.9 Å². The number of rotatable bonds is 8. The van der Waals surface area contributed by atoms with E-state index in [0.717, 1.165) is 51.6 Å². The Bertz CT molecular complexity index is 289. The third kappa shape index (κ3) is 8.24. The van der Waals surface area contributed by atoms with E-state index >= 15 is 0 Å². The van der Waals surface area contributed by atoms with Crippen molar-refractivity contribution in [3.8, 4) is 0 Å². The van der Waals surface area contributed by atoms with Gasteiger partial charge in [0.05, 0.1) is 25.9 Å². The molecule has 1 rings (SSSR count). The Kier molecular flexibility index (Phi) is 9.37. The van der Waals surface area contributed by atoms with Crippen LogP contribution in [0, 0.1) is 0 Å². The van der Waals surface area contributed by atoms with Gasteiger partial charge in [-0.3, -0.25) is 4.99 Å². The summed E-state index contributed by atoms with van der Waals surface area (Å²) < 4.78 is 5.60. The Balaban J connectivity index is 2.25. The maximum atomic E-state index is 8.86. The molecule has 6 heteroatoms. The van der Waals surface area contributed by atoms with E-state index in [4.69, 9.17) is 9.84 Å². The van der Waals surface area contributed by atoms with Crippen LogP contribution in [0.1, 0.15) is 33.6 Å². The standard InChI is InChI=1S/C15H32N4O2/c1-4-16-15(17-7-11-20)18-14-5-8-19(9-6-14)10-12-21-13(2)3/h13-14,20H,4-12H2,1-3H3,(H2,16,17,18). The van der Waals surface area contributed by atoms with E-state index in [0.29, 0.717) is 18.7 Å². The average Bonchev–Trinajstić information content (AvgIpc) is 2.46. The van der Waals surface area contributed by atoms with E-state index in [1.165, 1.54) is 0 Å². The van der Waals surface area contributed by atoms with Crippen molar-refractivity contribution in [1.82, 2.24) is 15.5 Å². The lowest BCUT2D eigenvalue weighted by Crippen LogP contribution is -2.49. The average molecular weight is 300 g/mol. The number of guanidine groups is 1. The third-order valence-electron chi connectivity index (χ3n) is 3.50. The molecule has 0 atom stereocenters. The molecule has 1 fully saturated rings. The molecule has 0 aromatic rings. The number of hydrogen-bond acceptors (Lipinski definition) is 4. The fourth-order valence-corrected chi connectivity index (χ4v) is 2.39. The third-order valence-corrected chi connectivity index (χ3v) is 3.50. The van der Waals surface area contributed by atoms with Crippen LogP contribution < -0.4 is 10.6 Å². The molecule has 0 aromatic carbocycles. The molecule has 0 spiro atoms. The highest BCUT2D eigenvalue weighted by atomic mass is 16.5. The van der Waals surface area contributed by atoms with Gasteiger partial charge in [0, 0.05) is 32.2 Å². The summed E-state index contributed by atoms with van der Waals surface area (Å²) in [4.78, 5) is 6.78. The predicted molar refractivity (Wildman–Crippen MR) is 86.8 cm³/mol. The molecule has 0 amide bonds. The lowest BCUT2D eigenvalue weighted by molar-refractivity contribution is 0.0532. The van der Waals surface area contributed by atoms with E-state index in [1.54, 1.807) is 0 Å². The van der Waals surface area contributed by atoms with Gasteiger partial charge in [-0.05, 0) is 33.6 Å². The largest absolute Gasteiger partial charge is 0.394 e. The quantitative estimate of drug-likeness (QED) is 0.448. The summed E-state index contributed by atoms with van der Waals surface area (Å²) >= 11 is 0. The fourth-order valence-electron chi connectivity index (χ4n) is 2.39. The first kappa shape index (κ1) is 18.2. The predicted octanol–water partition coefficient (Wildman–Crippen LogP) is 0.423. The van der Waals surface area contributed by atoms with E-state index < -0.39 is 0 Å². The smallest absolute Gasteiger partial charge is 0.191 e. The van der Waals surface area contributed by atoms with Crippen LogP contribution in [-0.2, 0) is 4.74 Å². The van der Waals surface area contributed by atoms with Gasteiger partial charge < -0.3 is 25.4 Å². The number of nitrogens with zero attached hydrogens (tertiary/aromatic N) is 2. The Labute approximate surface area is 129 Å². The van der Waals surface area contributed by atoms with Crippen LogP contribution in [0.25, 0.3) is 0 Å². The van der Waals surface area contributed by atoms with Crippen LogP contribution in [0.15, 0.2) is 4.99 Å². The Morgan fingerprint density at radius 2 is 2.10 bits per heavy atom. The van der Waals surface area contributed by atoms with Crippen molar-refractivity contribution in [2.45, 2.75) is 45.8 Å². The minimum absolute atomic E-state index is 0.0882. The number of likely N-dealkylation sites (tertiary alicyclic amines) is 1. The second kappa shape index (κ2) is 10.8. The van der Waals surface area contributed by atoms with E-state index in [9.17, 15) is 0 Å². The summed E-state index contributed by atoms with van der Waals surface area (Å²) in [7, 11) is 0. The summed E-state index contributed by atoms with van der Waals surface area (Å²) in [6.07, 6.45) is 2.55. The maximum absolute atomic E-state index is 8.86. The molecule has 6 nitrogen and oxygen atoms in total. The van der Waals surface area contributed by atoms with Gasteiger partial charge in [0.1, 0.15) is 0 Å². The lowest BCUT2D eigenvalue weighted by atomic mass is 10.1. The Morgan fingerprint density at radius 3 is 2.67 bits per heavy atom. The number of nitrogens with one attached hydrogen (secondary N) is 2. The minimum atomic E-state index is 0.0882. The number of hydrogen-bond donors (Lipinski definition) is 3. The first-order valence-electron chi connectivity index (χ1n) is 8.15. The second-order valence-electron chi connectivity index (χ2n) is 5.66. The van der Waals surface area contributed by atoms with Crippen molar-refractivity contribution >= 4 is 5.96 Å². The first-order valence-corrected chi connectivity index (χ1v) is 8.15. The monoisotopic (exact) mass is 300 g/mol. The SMILES string of the molecule is CCNC(=NCCO)NC1CCN(CCOC(C)C)CC1. The zero-order chi connectivity index (χ0) is 15.5. The number of aliphatic imine (C=N–C) groups is 1.